The first-order valence-electron chi connectivity index (χ1n) is 7.33. The van der Waals surface area contributed by atoms with Crippen molar-refractivity contribution in [2.45, 2.75) is 29.7 Å². The Morgan fingerprint density at radius 2 is 1.90 bits per heavy atom. The molecule has 1 saturated carbocycles. The SMILES string of the molecule is COc1cccc(C2CC(Nc3cccc(SC)c3)C2)c1. The summed E-state index contributed by atoms with van der Waals surface area (Å²) in [5.74, 6) is 1.61. The summed E-state index contributed by atoms with van der Waals surface area (Å²) in [5.41, 5.74) is 2.63. The summed E-state index contributed by atoms with van der Waals surface area (Å²) < 4.78 is 5.30. The Morgan fingerprint density at radius 3 is 2.67 bits per heavy atom. The van der Waals surface area contributed by atoms with Gasteiger partial charge in [0.25, 0.3) is 0 Å². The molecule has 3 heteroatoms. The van der Waals surface area contributed by atoms with Crippen molar-refractivity contribution in [3.05, 3.63) is 54.1 Å². The zero-order valence-corrected chi connectivity index (χ0v) is 13.3. The van der Waals surface area contributed by atoms with Gasteiger partial charge in [-0.15, -0.1) is 11.8 Å². The molecule has 3 rings (SSSR count). The average molecular weight is 299 g/mol. The molecule has 0 aromatic heterocycles. The highest BCUT2D eigenvalue weighted by atomic mass is 32.2. The summed E-state index contributed by atoms with van der Waals surface area (Å²) in [6.45, 7) is 0. The Labute approximate surface area is 130 Å². The van der Waals surface area contributed by atoms with E-state index in [0.717, 1.165) is 5.75 Å². The summed E-state index contributed by atoms with van der Waals surface area (Å²) in [6.07, 6.45) is 4.49. The van der Waals surface area contributed by atoms with Crippen LogP contribution in [0, 0.1) is 0 Å². The molecule has 1 aliphatic rings. The molecule has 0 unspecified atom stereocenters. The molecule has 0 aliphatic heterocycles. The lowest BCUT2D eigenvalue weighted by Crippen LogP contribution is -2.33. The van der Waals surface area contributed by atoms with Gasteiger partial charge < -0.3 is 10.1 Å². The van der Waals surface area contributed by atoms with E-state index < -0.39 is 0 Å². The van der Waals surface area contributed by atoms with Crippen LogP contribution in [0.15, 0.2) is 53.4 Å². The predicted molar refractivity (Wildman–Crippen MR) is 90.6 cm³/mol. The topological polar surface area (TPSA) is 21.3 Å². The number of rotatable bonds is 5. The first-order chi connectivity index (χ1) is 10.3. The number of nitrogens with one attached hydrogen (secondary N) is 1. The zero-order chi connectivity index (χ0) is 14.7. The number of anilines is 1. The Balaban J connectivity index is 1.57. The minimum Gasteiger partial charge on any atom is -0.497 e. The monoisotopic (exact) mass is 299 g/mol. The van der Waals surface area contributed by atoms with Crippen LogP contribution in [0.5, 0.6) is 5.75 Å². The molecule has 0 bridgehead atoms. The second-order valence-corrected chi connectivity index (χ2v) is 6.40. The van der Waals surface area contributed by atoms with E-state index >= 15 is 0 Å². The van der Waals surface area contributed by atoms with Crippen molar-refractivity contribution in [1.29, 1.82) is 0 Å². The van der Waals surface area contributed by atoms with Crippen molar-refractivity contribution in [3.63, 3.8) is 0 Å². The van der Waals surface area contributed by atoms with E-state index in [0.29, 0.717) is 12.0 Å². The second-order valence-electron chi connectivity index (χ2n) is 5.52. The number of thioether (sulfide) groups is 1. The van der Waals surface area contributed by atoms with Gasteiger partial charge in [0.2, 0.25) is 0 Å². The van der Waals surface area contributed by atoms with E-state index in [1.165, 1.54) is 29.0 Å². The van der Waals surface area contributed by atoms with Crippen LogP contribution in [-0.4, -0.2) is 19.4 Å². The maximum absolute atomic E-state index is 5.30. The van der Waals surface area contributed by atoms with Gasteiger partial charge in [-0.2, -0.15) is 0 Å². The van der Waals surface area contributed by atoms with Crippen LogP contribution in [0.3, 0.4) is 0 Å². The molecule has 1 N–H and O–H groups in total. The number of hydrogen-bond donors (Lipinski definition) is 1. The quantitative estimate of drug-likeness (QED) is 0.803. The van der Waals surface area contributed by atoms with E-state index in [1.807, 2.05) is 6.07 Å². The molecule has 0 atom stereocenters. The van der Waals surface area contributed by atoms with Crippen LogP contribution in [0.1, 0.15) is 24.3 Å². The number of benzene rings is 2. The van der Waals surface area contributed by atoms with Crippen LogP contribution in [0.4, 0.5) is 5.69 Å². The van der Waals surface area contributed by atoms with Crippen molar-refractivity contribution < 1.29 is 4.74 Å². The minimum atomic E-state index is 0.582. The number of methoxy groups -OCH3 is 1. The van der Waals surface area contributed by atoms with Crippen molar-refractivity contribution in [3.8, 4) is 5.75 Å². The predicted octanol–water partition coefficient (Wildman–Crippen LogP) is 4.78. The molecule has 2 nitrogen and oxygen atoms in total. The van der Waals surface area contributed by atoms with Gasteiger partial charge >= 0.3 is 0 Å². The first-order valence-corrected chi connectivity index (χ1v) is 8.55. The third-order valence-electron chi connectivity index (χ3n) is 4.14. The highest BCUT2D eigenvalue weighted by Crippen LogP contribution is 2.39. The van der Waals surface area contributed by atoms with Gasteiger partial charge in [0.05, 0.1) is 7.11 Å². The van der Waals surface area contributed by atoms with Crippen LogP contribution in [-0.2, 0) is 0 Å². The molecule has 110 valence electrons. The highest BCUT2D eigenvalue weighted by Gasteiger charge is 2.30. The van der Waals surface area contributed by atoms with E-state index in [9.17, 15) is 0 Å². The molecule has 2 aromatic carbocycles. The Morgan fingerprint density at radius 1 is 1.10 bits per heavy atom. The van der Waals surface area contributed by atoms with Gasteiger partial charge in [0.1, 0.15) is 5.75 Å². The summed E-state index contributed by atoms with van der Waals surface area (Å²) in [4.78, 5) is 1.31. The zero-order valence-electron chi connectivity index (χ0n) is 12.5. The van der Waals surface area contributed by atoms with E-state index in [4.69, 9.17) is 4.74 Å². The highest BCUT2D eigenvalue weighted by molar-refractivity contribution is 7.98. The lowest BCUT2D eigenvalue weighted by Gasteiger charge is -2.37. The second kappa shape index (κ2) is 6.44. The van der Waals surface area contributed by atoms with Gasteiger partial charge in [-0.25, -0.2) is 0 Å². The lowest BCUT2D eigenvalue weighted by atomic mass is 9.76. The smallest absolute Gasteiger partial charge is 0.119 e. The van der Waals surface area contributed by atoms with Gasteiger partial charge in [-0.1, -0.05) is 18.2 Å². The van der Waals surface area contributed by atoms with Gasteiger partial charge in [-0.3, -0.25) is 0 Å². The van der Waals surface area contributed by atoms with Gasteiger partial charge in [0.15, 0.2) is 0 Å². The van der Waals surface area contributed by atoms with Gasteiger partial charge in [0, 0.05) is 16.6 Å². The Hall–Kier alpha value is -1.61. The molecule has 1 fully saturated rings. The fourth-order valence-corrected chi connectivity index (χ4v) is 3.31. The Kier molecular flexibility index (Phi) is 4.39. The van der Waals surface area contributed by atoms with Gasteiger partial charge in [-0.05, 0) is 60.9 Å². The molecule has 0 amide bonds. The molecular weight excluding hydrogens is 278 g/mol. The minimum absolute atomic E-state index is 0.582. The normalized spacial score (nSPS) is 20.7. The van der Waals surface area contributed by atoms with Crippen LogP contribution in [0.25, 0.3) is 0 Å². The third-order valence-corrected chi connectivity index (χ3v) is 4.87. The molecule has 21 heavy (non-hydrogen) atoms. The molecule has 0 saturated heterocycles. The standard InChI is InChI=1S/C18H21NOS/c1-20-17-7-3-5-13(11-17)14-9-16(10-14)19-15-6-4-8-18(12-15)21-2/h3-8,11-12,14,16,19H,9-10H2,1-2H3. The maximum atomic E-state index is 5.30. The molecule has 0 heterocycles. The molecule has 2 aromatic rings. The van der Waals surface area contributed by atoms with E-state index in [2.05, 4.69) is 54.0 Å². The van der Waals surface area contributed by atoms with Crippen molar-refractivity contribution >= 4 is 17.4 Å². The van der Waals surface area contributed by atoms with Crippen molar-refractivity contribution in [2.24, 2.45) is 0 Å². The summed E-state index contributed by atoms with van der Waals surface area (Å²) in [5, 5.41) is 3.64. The summed E-state index contributed by atoms with van der Waals surface area (Å²) in [6, 6.07) is 17.7. The maximum Gasteiger partial charge on any atom is 0.119 e. The lowest BCUT2D eigenvalue weighted by molar-refractivity contribution is 0.370. The largest absolute Gasteiger partial charge is 0.497 e. The van der Waals surface area contributed by atoms with E-state index in [-0.39, 0.29) is 0 Å². The number of ether oxygens (including phenoxy) is 1. The fraction of sp³-hybridized carbons (Fsp3) is 0.333. The summed E-state index contributed by atoms with van der Waals surface area (Å²) >= 11 is 1.78. The fourth-order valence-electron chi connectivity index (χ4n) is 2.85. The van der Waals surface area contributed by atoms with E-state index in [1.54, 1.807) is 18.9 Å². The average Bonchev–Trinajstić information content (AvgIpc) is 2.50. The summed E-state index contributed by atoms with van der Waals surface area (Å²) in [7, 11) is 1.73. The van der Waals surface area contributed by atoms with Crippen LogP contribution >= 0.6 is 11.8 Å². The van der Waals surface area contributed by atoms with Crippen LogP contribution < -0.4 is 10.1 Å². The number of hydrogen-bond acceptors (Lipinski definition) is 3. The molecule has 0 radical (unpaired) electrons. The Bertz CT molecular complexity index is 608. The first kappa shape index (κ1) is 14.3. The van der Waals surface area contributed by atoms with Crippen molar-refractivity contribution in [2.75, 3.05) is 18.7 Å². The molecule has 0 spiro atoms. The van der Waals surface area contributed by atoms with Crippen molar-refractivity contribution in [1.82, 2.24) is 0 Å². The molecular formula is C18H21NOS. The third kappa shape index (κ3) is 3.35. The van der Waals surface area contributed by atoms with Crippen LogP contribution in [0.2, 0.25) is 0 Å². The molecule has 1 aliphatic carbocycles.